The van der Waals surface area contributed by atoms with Crippen molar-refractivity contribution in [2.24, 2.45) is 0 Å². The number of anilines is 2. The molecule has 2 aromatic rings. The summed E-state index contributed by atoms with van der Waals surface area (Å²) in [4.78, 5) is 20.4. The van der Waals surface area contributed by atoms with E-state index in [1.54, 1.807) is 30.6 Å². The second-order valence-corrected chi connectivity index (χ2v) is 5.12. The van der Waals surface area contributed by atoms with Gasteiger partial charge in [0.25, 0.3) is 5.91 Å². The van der Waals surface area contributed by atoms with Gasteiger partial charge in [0.15, 0.2) is 0 Å². The van der Waals surface area contributed by atoms with Crippen molar-refractivity contribution in [3.63, 3.8) is 0 Å². The normalized spacial score (nSPS) is 17.2. The standard InChI is InChI=1S/C16H18N4O2/c21-15(19-11-14-6-2-9-22-14)12-4-1-5-13(10-12)20-16-17-7-3-8-18-16/h1,3-5,7-8,10,14H,2,6,9,11H2,(H,19,21)(H,17,18,20)/t14-/m1/s1. The van der Waals surface area contributed by atoms with E-state index in [1.165, 1.54) is 0 Å². The van der Waals surface area contributed by atoms with E-state index < -0.39 is 0 Å². The lowest BCUT2D eigenvalue weighted by Crippen LogP contribution is -2.31. The molecule has 0 bridgehead atoms. The smallest absolute Gasteiger partial charge is 0.251 e. The average molecular weight is 298 g/mol. The first kappa shape index (κ1) is 14.5. The van der Waals surface area contributed by atoms with Crippen LogP contribution in [0.15, 0.2) is 42.7 Å². The highest BCUT2D eigenvalue weighted by atomic mass is 16.5. The van der Waals surface area contributed by atoms with Gasteiger partial charge >= 0.3 is 0 Å². The number of carbonyl (C=O) groups excluding carboxylic acids is 1. The first-order valence-corrected chi connectivity index (χ1v) is 7.35. The second kappa shape index (κ2) is 7.00. The third-order valence-corrected chi connectivity index (χ3v) is 3.46. The second-order valence-electron chi connectivity index (χ2n) is 5.12. The molecule has 0 aliphatic carbocycles. The van der Waals surface area contributed by atoms with Crippen molar-refractivity contribution in [3.05, 3.63) is 48.3 Å². The Morgan fingerprint density at radius 2 is 2.14 bits per heavy atom. The minimum Gasteiger partial charge on any atom is -0.376 e. The summed E-state index contributed by atoms with van der Waals surface area (Å²) in [6.07, 6.45) is 5.54. The van der Waals surface area contributed by atoms with Gasteiger partial charge in [-0.15, -0.1) is 0 Å². The highest BCUT2D eigenvalue weighted by Gasteiger charge is 2.16. The third kappa shape index (κ3) is 3.79. The molecule has 22 heavy (non-hydrogen) atoms. The number of hydrogen-bond donors (Lipinski definition) is 2. The Kier molecular flexibility index (Phi) is 4.60. The van der Waals surface area contributed by atoms with Gasteiger partial charge in [0, 0.05) is 36.8 Å². The van der Waals surface area contributed by atoms with Crippen LogP contribution in [0.2, 0.25) is 0 Å². The van der Waals surface area contributed by atoms with Gasteiger partial charge in [-0.25, -0.2) is 9.97 Å². The van der Waals surface area contributed by atoms with Gasteiger partial charge in [0.05, 0.1) is 6.10 Å². The maximum atomic E-state index is 12.2. The Labute approximate surface area is 128 Å². The van der Waals surface area contributed by atoms with Crippen LogP contribution < -0.4 is 10.6 Å². The summed E-state index contributed by atoms with van der Waals surface area (Å²) in [5, 5.41) is 5.98. The Bertz CT molecular complexity index is 627. The number of ether oxygens (including phenoxy) is 1. The topological polar surface area (TPSA) is 76.1 Å². The predicted molar refractivity (Wildman–Crippen MR) is 83.1 cm³/mol. The quantitative estimate of drug-likeness (QED) is 0.884. The van der Waals surface area contributed by atoms with Gasteiger partial charge in [0.2, 0.25) is 5.95 Å². The van der Waals surface area contributed by atoms with Crippen LogP contribution in [0.3, 0.4) is 0 Å². The summed E-state index contributed by atoms with van der Waals surface area (Å²) in [5.41, 5.74) is 1.37. The number of nitrogens with one attached hydrogen (secondary N) is 2. The minimum atomic E-state index is -0.104. The van der Waals surface area contributed by atoms with Crippen molar-refractivity contribution in [2.45, 2.75) is 18.9 Å². The van der Waals surface area contributed by atoms with E-state index in [0.29, 0.717) is 18.1 Å². The Morgan fingerprint density at radius 1 is 1.27 bits per heavy atom. The molecular formula is C16H18N4O2. The molecule has 1 aromatic carbocycles. The minimum absolute atomic E-state index is 0.104. The summed E-state index contributed by atoms with van der Waals surface area (Å²) in [5.74, 6) is 0.396. The lowest BCUT2D eigenvalue weighted by molar-refractivity contribution is 0.0858. The van der Waals surface area contributed by atoms with Crippen LogP contribution in [0.1, 0.15) is 23.2 Å². The van der Waals surface area contributed by atoms with E-state index in [-0.39, 0.29) is 12.0 Å². The first-order chi connectivity index (χ1) is 10.8. The summed E-state index contributed by atoms with van der Waals surface area (Å²) >= 11 is 0. The fourth-order valence-corrected chi connectivity index (χ4v) is 2.34. The maximum absolute atomic E-state index is 12.2. The van der Waals surface area contributed by atoms with Crippen molar-refractivity contribution in [1.29, 1.82) is 0 Å². The number of benzene rings is 1. The molecule has 3 rings (SSSR count). The zero-order valence-electron chi connectivity index (χ0n) is 12.2. The lowest BCUT2D eigenvalue weighted by atomic mass is 10.1. The van der Waals surface area contributed by atoms with Crippen molar-refractivity contribution in [3.8, 4) is 0 Å². The number of hydrogen-bond acceptors (Lipinski definition) is 5. The predicted octanol–water partition coefficient (Wildman–Crippen LogP) is 2.13. The van der Waals surface area contributed by atoms with Crippen molar-refractivity contribution in [1.82, 2.24) is 15.3 Å². The Balaban J connectivity index is 1.61. The summed E-state index contributed by atoms with van der Waals surface area (Å²) in [7, 11) is 0. The van der Waals surface area contributed by atoms with Crippen LogP contribution in [0.25, 0.3) is 0 Å². The van der Waals surface area contributed by atoms with Crippen LogP contribution in [0.5, 0.6) is 0 Å². The molecule has 1 aliphatic heterocycles. The van der Waals surface area contributed by atoms with Crippen LogP contribution in [-0.4, -0.2) is 35.1 Å². The summed E-state index contributed by atoms with van der Waals surface area (Å²) < 4.78 is 5.50. The van der Waals surface area contributed by atoms with Gasteiger partial charge in [0.1, 0.15) is 0 Å². The molecule has 2 N–H and O–H groups in total. The van der Waals surface area contributed by atoms with Crippen LogP contribution >= 0.6 is 0 Å². The first-order valence-electron chi connectivity index (χ1n) is 7.35. The molecule has 1 atom stereocenters. The molecule has 1 amide bonds. The SMILES string of the molecule is O=C(NC[C@H]1CCCO1)c1cccc(Nc2ncccn2)c1. The number of nitrogens with zero attached hydrogens (tertiary/aromatic N) is 2. The molecule has 1 fully saturated rings. The fourth-order valence-electron chi connectivity index (χ4n) is 2.34. The molecule has 1 aliphatic rings. The molecule has 114 valence electrons. The molecule has 2 heterocycles. The van der Waals surface area contributed by atoms with Crippen LogP contribution in [0.4, 0.5) is 11.6 Å². The highest BCUT2D eigenvalue weighted by molar-refractivity contribution is 5.95. The zero-order chi connectivity index (χ0) is 15.2. The fraction of sp³-hybridized carbons (Fsp3) is 0.312. The van der Waals surface area contributed by atoms with E-state index in [0.717, 1.165) is 25.1 Å². The highest BCUT2D eigenvalue weighted by Crippen LogP contribution is 2.15. The molecule has 0 spiro atoms. The number of rotatable bonds is 5. The molecule has 1 saturated heterocycles. The van der Waals surface area contributed by atoms with E-state index in [9.17, 15) is 4.79 Å². The molecular weight excluding hydrogens is 280 g/mol. The van der Waals surface area contributed by atoms with Gasteiger partial charge < -0.3 is 15.4 Å². The zero-order valence-corrected chi connectivity index (χ0v) is 12.2. The number of amides is 1. The van der Waals surface area contributed by atoms with E-state index in [2.05, 4.69) is 20.6 Å². The van der Waals surface area contributed by atoms with E-state index in [4.69, 9.17) is 4.74 Å². The van der Waals surface area contributed by atoms with Crippen LogP contribution in [0, 0.1) is 0 Å². The average Bonchev–Trinajstić information content (AvgIpc) is 3.07. The number of aromatic nitrogens is 2. The van der Waals surface area contributed by atoms with E-state index in [1.807, 2.05) is 12.1 Å². The molecule has 0 saturated carbocycles. The van der Waals surface area contributed by atoms with Crippen molar-refractivity contribution < 1.29 is 9.53 Å². The van der Waals surface area contributed by atoms with Gasteiger partial charge in [-0.3, -0.25) is 4.79 Å². The Hall–Kier alpha value is -2.47. The van der Waals surface area contributed by atoms with E-state index >= 15 is 0 Å². The maximum Gasteiger partial charge on any atom is 0.251 e. The molecule has 0 unspecified atom stereocenters. The largest absolute Gasteiger partial charge is 0.376 e. The van der Waals surface area contributed by atoms with Gasteiger partial charge in [-0.05, 0) is 37.1 Å². The third-order valence-electron chi connectivity index (χ3n) is 3.46. The van der Waals surface area contributed by atoms with Gasteiger partial charge in [-0.1, -0.05) is 6.07 Å². The lowest BCUT2D eigenvalue weighted by Gasteiger charge is -2.11. The summed E-state index contributed by atoms with van der Waals surface area (Å²) in [6, 6.07) is 9.00. The van der Waals surface area contributed by atoms with Crippen molar-refractivity contribution in [2.75, 3.05) is 18.5 Å². The van der Waals surface area contributed by atoms with Gasteiger partial charge in [-0.2, -0.15) is 0 Å². The number of carbonyl (C=O) groups is 1. The van der Waals surface area contributed by atoms with Crippen LogP contribution in [-0.2, 0) is 4.74 Å². The molecule has 6 nitrogen and oxygen atoms in total. The molecule has 0 radical (unpaired) electrons. The van der Waals surface area contributed by atoms with Crippen molar-refractivity contribution >= 4 is 17.5 Å². The monoisotopic (exact) mass is 298 g/mol. The Morgan fingerprint density at radius 3 is 2.91 bits per heavy atom. The summed E-state index contributed by atoms with van der Waals surface area (Å²) in [6.45, 7) is 1.34. The molecule has 6 heteroatoms. The molecule has 1 aromatic heterocycles.